The molecule has 6 rings (SSSR count). The number of nitrogens with zero attached hydrogens (tertiary/aromatic N) is 7. The zero-order chi connectivity index (χ0) is 24.8. The maximum atomic E-state index is 12.1. The van der Waals surface area contributed by atoms with Gasteiger partial charge in [-0.05, 0) is 25.1 Å². The number of H-pyrrole nitrogens is 2. The Morgan fingerprint density at radius 1 is 1.08 bits per heavy atom. The number of nitrogens with one attached hydrogen (secondary N) is 3. The van der Waals surface area contributed by atoms with Crippen molar-refractivity contribution >= 4 is 33.5 Å². The number of rotatable bonds is 5. The van der Waals surface area contributed by atoms with Crippen molar-refractivity contribution in [2.75, 3.05) is 5.32 Å². The molecule has 0 radical (unpaired) electrons. The van der Waals surface area contributed by atoms with Crippen LogP contribution in [0.4, 0.5) is 5.69 Å². The first-order valence-corrected chi connectivity index (χ1v) is 11.4. The molecule has 0 bridgehead atoms. The minimum absolute atomic E-state index is 0.0703. The minimum Gasteiger partial charge on any atom is -0.336 e. The van der Waals surface area contributed by atoms with Crippen molar-refractivity contribution in [1.29, 1.82) is 0 Å². The van der Waals surface area contributed by atoms with Crippen molar-refractivity contribution in [2.24, 2.45) is 5.92 Å². The number of imidazole rings is 2. The molecule has 3 N–H and O–H groups in total. The lowest BCUT2D eigenvalue weighted by atomic mass is 10.1. The van der Waals surface area contributed by atoms with Gasteiger partial charge in [0.1, 0.15) is 17.5 Å². The van der Waals surface area contributed by atoms with Crippen molar-refractivity contribution in [3.63, 3.8) is 0 Å². The van der Waals surface area contributed by atoms with Crippen LogP contribution in [0, 0.1) is 12.8 Å². The van der Waals surface area contributed by atoms with Gasteiger partial charge in [0.05, 0.1) is 40.5 Å². The zero-order valence-corrected chi connectivity index (χ0v) is 19.8. The second-order valence-electron chi connectivity index (χ2n) is 8.83. The third-order valence-corrected chi connectivity index (χ3v) is 5.84. The maximum absolute atomic E-state index is 12.1. The number of anilines is 1. The van der Waals surface area contributed by atoms with Gasteiger partial charge in [-0.25, -0.2) is 15.0 Å². The van der Waals surface area contributed by atoms with Crippen molar-refractivity contribution < 1.29 is 4.79 Å². The highest BCUT2D eigenvalue weighted by molar-refractivity contribution is 5.96. The number of carbonyl (C=O) groups is 1. The van der Waals surface area contributed by atoms with Gasteiger partial charge < -0.3 is 10.3 Å². The van der Waals surface area contributed by atoms with Crippen molar-refractivity contribution in [1.82, 2.24) is 44.7 Å². The predicted molar refractivity (Wildman–Crippen MR) is 135 cm³/mol. The first-order valence-electron chi connectivity index (χ1n) is 11.4. The molecular formula is C25H22N10O. The van der Waals surface area contributed by atoms with Gasteiger partial charge in [-0.15, -0.1) is 0 Å². The fraction of sp³-hybridized carbons (Fsp3) is 0.160. The summed E-state index contributed by atoms with van der Waals surface area (Å²) >= 11 is 0. The van der Waals surface area contributed by atoms with E-state index in [1.807, 2.05) is 49.7 Å². The first kappa shape index (κ1) is 21.6. The van der Waals surface area contributed by atoms with Crippen LogP contribution in [0.2, 0.25) is 0 Å². The zero-order valence-electron chi connectivity index (χ0n) is 19.8. The van der Waals surface area contributed by atoms with Gasteiger partial charge in [-0.3, -0.25) is 24.4 Å². The Hall–Kier alpha value is -4.93. The molecule has 1 amide bonds. The van der Waals surface area contributed by atoms with E-state index in [0.29, 0.717) is 34.2 Å². The van der Waals surface area contributed by atoms with Gasteiger partial charge in [0.25, 0.3) is 0 Å². The molecule has 0 unspecified atom stereocenters. The molecule has 0 aliphatic carbocycles. The third-order valence-electron chi connectivity index (χ3n) is 5.84. The Labute approximate surface area is 205 Å². The number of hydrogen-bond donors (Lipinski definition) is 3. The molecule has 11 nitrogen and oxygen atoms in total. The largest absolute Gasteiger partial charge is 0.336 e. The smallest absolute Gasteiger partial charge is 0.226 e. The fourth-order valence-electron chi connectivity index (χ4n) is 3.95. The lowest BCUT2D eigenvalue weighted by Gasteiger charge is -2.08. The van der Waals surface area contributed by atoms with Crippen molar-refractivity contribution in [3.05, 3.63) is 61.2 Å². The summed E-state index contributed by atoms with van der Waals surface area (Å²) in [5.41, 5.74) is 5.98. The summed E-state index contributed by atoms with van der Waals surface area (Å²) in [6.07, 6.45) is 10.4. The Balaban J connectivity index is 1.41. The SMILES string of the molecule is Cc1cn(-c2nccc3[nH]c(-c4n[nH]c5cnc(-c6cncc(NC(=O)C(C)C)c6)cc45)nc23)cn1. The van der Waals surface area contributed by atoms with Crippen LogP contribution in [0.5, 0.6) is 0 Å². The summed E-state index contributed by atoms with van der Waals surface area (Å²) in [7, 11) is 0. The van der Waals surface area contributed by atoms with Gasteiger partial charge in [-0.2, -0.15) is 5.10 Å². The summed E-state index contributed by atoms with van der Waals surface area (Å²) in [6, 6.07) is 5.67. The summed E-state index contributed by atoms with van der Waals surface area (Å²) in [5, 5.41) is 11.3. The number of pyridine rings is 3. The molecule has 0 atom stereocenters. The minimum atomic E-state index is -0.131. The van der Waals surface area contributed by atoms with E-state index in [1.165, 1.54) is 0 Å². The van der Waals surface area contributed by atoms with E-state index in [9.17, 15) is 4.79 Å². The topological polar surface area (TPSA) is 143 Å². The highest BCUT2D eigenvalue weighted by atomic mass is 16.1. The summed E-state index contributed by atoms with van der Waals surface area (Å²) in [6.45, 7) is 5.61. The van der Waals surface area contributed by atoms with E-state index < -0.39 is 0 Å². The second kappa shape index (κ2) is 8.38. The van der Waals surface area contributed by atoms with E-state index in [0.717, 1.165) is 27.7 Å². The van der Waals surface area contributed by atoms with Crippen molar-refractivity contribution in [3.8, 4) is 28.6 Å². The molecule has 6 aromatic rings. The molecule has 0 aliphatic rings. The molecular weight excluding hydrogens is 456 g/mol. The average molecular weight is 479 g/mol. The van der Waals surface area contributed by atoms with E-state index >= 15 is 0 Å². The summed E-state index contributed by atoms with van der Waals surface area (Å²) in [4.78, 5) is 37.9. The van der Waals surface area contributed by atoms with Gasteiger partial charge in [-0.1, -0.05) is 13.8 Å². The Kier molecular flexibility index (Phi) is 5.03. The van der Waals surface area contributed by atoms with E-state index in [4.69, 9.17) is 4.98 Å². The fourth-order valence-corrected chi connectivity index (χ4v) is 3.95. The quantitative estimate of drug-likeness (QED) is 0.339. The molecule has 0 fully saturated rings. The van der Waals surface area contributed by atoms with Gasteiger partial charge in [0.2, 0.25) is 5.91 Å². The number of aryl methyl sites for hydroxylation is 1. The number of hydrogen-bond acceptors (Lipinski definition) is 7. The lowest BCUT2D eigenvalue weighted by molar-refractivity contribution is -0.118. The van der Waals surface area contributed by atoms with Gasteiger partial charge in [0.15, 0.2) is 11.6 Å². The van der Waals surface area contributed by atoms with Crippen LogP contribution in [0.3, 0.4) is 0 Å². The molecule has 0 saturated carbocycles. The standard InChI is InChI=1S/C25H22N10O/c1-13(2)25(36)30-16-6-15(8-26-9-16)19-7-17-20(10-28-19)33-34-21(17)23-31-18-4-5-27-24(22(18)32-23)35-11-14(3)29-12-35/h4-13H,1-3H3,(H,30,36)(H,31,32)(H,33,34). The van der Waals surface area contributed by atoms with Crippen LogP contribution < -0.4 is 5.32 Å². The first-order chi connectivity index (χ1) is 17.5. The van der Waals surface area contributed by atoms with E-state index in [2.05, 4.69) is 40.4 Å². The number of carbonyl (C=O) groups excluding carboxylic acids is 1. The normalized spacial score (nSPS) is 11.6. The number of aromatic amines is 2. The molecule has 0 aromatic carbocycles. The third kappa shape index (κ3) is 3.76. The molecule has 0 spiro atoms. The average Bonchev–Trinajstić information content (AvgIpc) is 3.61. The molecule has 36 heavy (non-hydrogen) atoms. The highest BCUT2D eigenvalue weighted by Crippen LogP contribution is 2.30. The summed E-state index contributed by atoms with van der Waals surface area (Å²) in [5.74, 6) is 1.09. The van der Waals surface area contributed by atoms with Crippen LogP contribution in [0.1, 0.15) is 19.5 Å². The van der Waals surface area contributed by atoms with E-state index in [-0.39, 0.29) is 11.8 Å². The van der Waals surface area contributed by atoms with Gasteiger partial charge >= 0.3 is 0 Å². The number of fused-ring (bicyclic) bond motifs is 2. The lowest BCUT2D eigenvalue weighted by Crippen LogP contribution is -2.17. The van der Waals surface area contributed by atoms with Crippen LogP contribution in [-0.2, 0) is 4.79 Å². The number of amides is 1. The van der Waals surface area contributed by atoms with E-state index in [1.54, 1.807) is 31.1 Å². The Bertz CT molecular complexity index is 1740. The van der Waals surface area contributed by atoms with Crippen LogP contribution in [-0.4, -0.2) is 50.6 Å². The highest BCUT2D eigenvalue weighted by Gasteiger charge is 2.17. The van der Waals surface area contributed by atoms with Crippen LogP contribution in [0.25, 0.3) is 50.5 Å². The number of aromatic nitrogens is 9. The molecule has 0 saturated heterocycles. The Morgan fingerprint density at radius 3 is 2.78 bits per heavy atom. The monoisotopic (exact) mass is 478 g/mol. The molecule has 6 heterocycles. The maximum Gasteiger partial charge on any atom is 0.226 e. The predicted octanol–water partition coefficient (Wildman–Crippen LogP) is 4.05. The molecule has 6 aromatic heterocycles. The molecule has 11 heteroatoms. The summed E-state index contributed by atoms with van der Waals surface area (Å²) < 4.78 is 1.85. The van der Waals surface area contributed by atoms with Crippen molar-refractivity contribution in [2.45, 2.75) is 20.8 Å². The molecule has 178 valence electrons. The van der Waals surface area contributed by atoms with Crippen LogP contribution >= 0.6 is 0 Å². The Morgan fingerprint density at radius 2 is 1.97 bits per heavy atom. The molecule has 0 aliphatic heterocycles. The second-order valence-corrected chi connectivity index (χ2v) is 8.83. The van der Waals surface area contributed by atoms with Crippen LogP contribution in [0.15, 0.2) is 55.5 Å². The van der Waals surface area contributed by atoms with Gasteiger partial charge in [0, 0.05) is 35.5 Å².